The highest BCUT2D eigenvalue weighted by molar-refractivity contribution is 7.88. The zero-order valence-electron chi connectivity index (χ0n) is 15.9. The van der Waals surface area contributed by atoms with Crippen LogP contribution in [0.15, 0.2) is 24.5 Å². The second kappa shape index (κ2) is 7.78. The Morgan fingerprint density at radius 2 is 2.13 bits per heavy atom. The van der Waals surface area contributed by atoms with Crippen molar-refractivity contribution < 1.29 is 21.6 Å². The van der Waals surface area contributed by atoms with Crippen LogP contribution in [-0.4, -0.2) is 53.1 Å². The summed E-state index contributed by atoms with van der Waals surface area (Å²) in [6.45, 7) is 1.68. The van der Waals surface area contributed by atoms with Gasteiger partial charge in [0.1, 0.15) is 11.3 Å². The zero-order valence-corrected chi connectivity index (χ0v) is 17.6. The Morgan fingerprint density at radius 1 is 1.33 bits per heavy atom. The minimum Gasteiger partial charge on any atom is -0.340 e. The van der Waals surface area contributed by atoms with Gasteiger partial charge in [-0.1, -0.05) is 0 Å². The van der Waals surface area contributed by atoms with Crippen molar-refractivity contribution in [2.45, 2.75) is 19.0 Å². The lowest BCUT2D eigenvalue weighted by Crippen LogP contribution is -2.41. The summed E-state index contributed by atoms with van der Waals surface area (Å²) < 4.78 is 70.1. The highest BCUT2D eigenvalue weighted by atomic mass is 32.2. The SMILES string of the molecule is CS(=O)(=O)NCC1CCCN(c2nsc(-c3cnc4ccc(C(F)(F)F)cn34)n2)C1. The molecule has 30 heavy (non-hydrogen) atoms. The average molecular weight is 461 g/mol. The Morgan fingerprint density at radius 3 is 2.87 bits per heavy atom. The van der Waals surface area contributed by atoms with Crippen LogP contribution in [0.1, 0.15) is 18.4 Å². The number of anilines is 1. The van der Waals surface area contributed by atoms with Crippen LogP contribution >= 0.6 is 11.5 Å². The van der Waals surface area contributed by atoms with E-state index in [0.29, 0.717) is 35.4 Å². The minimum absolute atomic E-state index is 0.130. The molecule has 0 aliphatic carbocycles. The second-order valence-electron chi connectivity index (χ2n) is 7.26. The van der Waals surface area contributed by atoms with Crippen LogP contribution in [0.2, 0.25) is 0 Å². The van der Waals surface area contributed by atoms with Crippen molar-refractivity contribution in [3.05, 3.63) is 30.1 Å². The van der Waals surface area contributed by atoms with Gasteiger partial charge in [-0.25, -0.2) is 18.1 Å². The fraction of sp³-hybridized carbons (Fsp3) is 0.471. The van der Waals surface area contributed by atoms with Crippen LogP contribution in [0.3, 0.4) is 0 Å². The van der Waals surface area contributed by atoms with E-state index >= 15 is 0 Å². The molecule has 1 aliphatic heterocycles. The fourth-order valence-electron chi connectivity index (χ4n) is 3.44. The first kappa shape index (κ1) is 21.0. The maximum atomic E-state index is 13.1. The summed E-state index contributed by atoms with van der Waals surface area (Å²) in [5.41, 5.74) is 0.0584. The van der Waals surface area contributed by atoms with Gasteiger partial charge in [-0.05, 0) is 42.4 Å². The summed E-state index contributed by atoms with van der Waals surface area (Å²) >= 11 is 1.09. The molecule has 1 unspecified atom stereocenters. The van der Waals surface area contributed by atoms with Gasteiger partial charge in [0.2, 0.25) is 16.0 Å². The van der Waals surface area contributed by atoms with E-state index in [1.165, 1.54) is 16.7 Å². The summed E-state index contributed by atoms with van der Waals surface area (Å²) in [7, 11) is -3.25. The number of sulfonamides is 1. The molecule has 0 saturated carbocycles. The number of hydrogen-bond donors (Lipinski definition) is 1. The third kappa shape index (κ3) is 4.57. The van der Waals surface area contributed by atoms with Crippen LogP contribution in [0, 0.1) is 5.92 Å². The molecule has 1 N–H and O–H groups in total. The molecule has 0 aromatic carbocycles. The number of hydrogen-bond acceptors (Lipinski definition) is 7. The Balaban J connectivity index is 1.55. The van der Waals surface area contributed by atoms with E-state index in [9.17, 15) is 21.6 Å². The number of halogens is 3. The summed E-state index contributed by atoms with van der Waals surface area (Å²) in [5, 5.41) is 0.466. The van der Waals surface area contributed by atoms with Crippen LogP contribution in [0.25, 0.3) is 16.3 Å². The number of rotatable bonds is 5. The Kier molecular flexibility index (Phi) is 5.45. The largest absolute Gasteiger partial charge is 0.417 e. The van der Waals surface area contributed by atoms with E-state index < -0.39 is 21.8 Å². The number of nitrogens with one attached hydrogen (secondary N) is 1. The lowest BCUT2D eigenvalue weighted by atomic mass is 9.99. The molecule has 1 saturated heterocycles. The zero-order chi connectivity index (χ0) is 21.5. The molecule has 0 amide bonds. The normalized spacial score (nSPS) is 18.3. The summed E-state index contributed by atoms with van der Waals surface area (Å²) in [6.07, 6.45) is 0.923. The molecular weight excluding hydrogens is 441 g/mol. The molecule has 162 valence electrons. The number of pyridine rings is 1. The van der Waals surface area contributed by atoms with Crippen molar-refractivity contribution in [3.8, 4) is 10.7 Å². The van der Waals surface area contributed by atoms with Crippen LogP contribution in [-0.2, 0) is 16.2 Å². The van der Waals surface area contributed by atoms with Crippen molar-refractivity contribution in [1.29, 1.82) is 0 Å². The highest BCUT2D eigenvalue weighted by Gasteiger charge is 2.31. The second-order valence-corrected chi connectivity index (χ2v) is 9.85. The van der Waals surface area contributed by atoms with Gasteiger partial charge < -0.3 is 4.90 Å². The number of fused-ring (bicyclic) bond motifs is 1. The highest BCUT2D eigenvalue weighted by Crippen LogP contribution is 2.32. The van der Waals surface area contributed by atoms with Crippen molar-refractivity contribution in [1.82, 2.24) is 23.5 Å². The molecular formula is C17H19F3N6O2S2. The quantitative estimate of drug-likeness (QED) is 0.629. The molecule has 8 nitrogen and oxygen atoms in total. The van der Waals surface area contributed by atoms with Crippen molar-refractivity contribution in [2.24, 2.45) is 5.92 Å². The standard InChI is InChI=1S/C17H19F3N6O2S2/c1-30(27,28)22-7-11-3-2-6-25(9-11)16-23-15(29-24-16)13-8-21-14-5-4-12(10-26(13)14)17(18,19)20/h4-5,8,10-11,22H,2-3,6-7,9H2,1H3. The van der Waals surface area contributed by atoms with E-state index in [4.69, 9.17) is 0 Å². The summed E-state index contributed by atoms with van der Waals surface area (Å²) in [4.78, 5) is 10.6. The third-order valence-corrected chi connectivity index (χ3v) is 6.32. The molecule has 4 heterocycles. The first-order valence-corrected chi connectivity index (χ1v) is 11.8. The van der Waals surface area contributed by atoms with Crippen LogP contribution in [0.5, 0.6) is 0 Å². The van der Waals surface area contributed by atoms with Gasteiger partial charge >= 0.3 is 6.18 Å². The third-order valence-electron chi connectivity index (χ3n) is 4.90. The van der Waals surface area contributed by atoms with E-state index in [1.807, 2.05) is 4.90 Å². The lowest BCUT2D eigenvalue weighted by molar-refractivity contribution is -0.137. The smallest absolute Gasteiger partial charge is 0.340 e. The van der Waals surface area contributed by atoms with Gasteiger partial charge in [-0.3, -0.25) is 4.40 Å². The van der Waals surface area contributed by atoms with Crippen LogP contribution < -0.4 is 9.62 Å². The van der Waals surface area contributed by atoms with Gasteiger partial charge in [-0.2, -0.15) is 22.5 Å². The van der Waals surface area contributed by atoms with Gasteiger partial charge in [0.25, 0.3) is 0 Å². The van der Waals surface area contributed by atoms with E-state index in [2.05, 4.69) is 19.1 Å². The molecule has 0 spiro atoms. The molecule has 1 atom stereocenters. The monoisotopic (exact) mass is 460 g/mol. The van der Waals surface area contributed by atoms with Gasteiger partial charge in [0.05, 0.1) is 18.0 Å². The molecule has 1 fully saturated rings. The molecule has 13 heteroatoms. The molecule has 3 aromatic heterocycles. The Bertz CT molecular complexity index is 1160. The van der Waals surface area contributed by atoms with Gasteiger partial charge in [-0.15, -0.1) is 0 Å². The van der Waals surface area contributed by atoms with E-state index in [0.717, 1.165) is 49.4 Å². The first-order valence-electron chi connectivity index (χ1n) is 9.18. The topological polar surface area (TPSA) is 92.5 Å². The lowest BCUT2D eigenvalue weighted by Gasteiger charge is -2.31. The molecule has 1 aliphatic rings. The summed E-state index contributed by atoms with van der Waals surface area (Å²) in [5.74, 6) is 0.617. The van der Waals surface area contributed by atoms with Gasteiger partial charge in [0.15, 0.2) is 5.01 Å². The van der Waals surface area contributed by atoms with Crippen molar-refractivity contribution in [3.63, 3.8) is 0 Å². The van der Waals surface area contributed by atoms with Crippen molar-refractivity contribution in [2.75, 3.05) is 30.8 Å². The van der Waals surface area contributed by atoms with E-state index in [1.54, 1.807) is 0 Å². The maximum Gasteiger partial charge on any atom is 0.417 e. The number of aromatic nitrogens is 4. The molecule has 4 rings (SSSR count). The Labute approximate surface area is 175 Å². The maximum absolute atomic E-state index is 13.1. The molecule has 0 bridgehead atoms. The number of nitrogens with zero attached hydrogens (tertiary/aromatic N) is 5. The minimum atomic E-state index is -4.45. The van der Waals surface area contributed by atoms with Crippen molar-refractivity contribution >= 4 is 33.2 Å². The summed E-state index contributed by atoms with van der Waals surface area (Å²) in [6, 6.07) is 2.31. The number of piperidine rings is 1. The van der Waals surface area contributed by atoms with Gasteiger partial charge in [0, 0.05) is 25.8 Å². The molecule has 3 aromatic rings. The predicted octanol–water partition coefficient (Wildman–Crippen LogP) is 2.64. The first-order chi connectivity index (χ1) is 14.1. The molecule has 0 radical (unpaired) electrons. The number of imidazole rings is 1. The van der Waals surface area contributed by atoms with E-state index in [-0.39, 0.29) is 5.92 Å². The number of alkyl halides is 3. The average Bonchev–Trinajstić information content (AvgIpc) is 3.31. The van der Waals surface area contributed by atoms with Crippen LogP contribution in [0.4, 0.5) is 19.1 Å². The fourth-order valence-corrected chi connectivity index (χ4v) is 4.67. The predicted molar refractivity (Wildman–Crippen MR) is 107 cm³/mol. The Hall–Kier alpha value is -2.25.